The lowest BCUT2D eigenvalue weighted by molar-refractivity contribution is -0.167. The lowest BCUT2D eigenvalue weighted by Crippen LogP contribution is -2.30. The minimum Gasteiger partial charge on any atom is -0.462 e. The first-order valence-corrected chi connectivity index (χ1v) is 27.3. The topological polar surface area (TPSA) is 78.9 Å². The van der Waals surface area contributed by atoms with E-state index < -0.39 is 6.10 Å². The van der Waals surface area contributed by atoms with Crippen LogP contribution in [0.1, 0.15) is 271 Å². The largest absolute Gasteiger partial charge is 0.462 e. The maximum absolute atomic E-state index is 12.8. The van der Waals surface area contributed by atoms with E-state index >= 15 is 0 Å². The molecular formula is C58H102O6. The Morgan fingerprint density at radius 2 is 0.609 bits per heavy atom. The van der Waals surface area contributed by atoms with E-state index in [1.165, 1.54) is 141 Å². The van der Waals surface area contributed by atoms with Gasteiger partial charge in [0.15, 0.2) is 6.10 Å². The minimum atomic E-state index is -0.782. The molecule has 0 rings (SSSR count). The van der Waals surface area contributed by atoms with Crippen molar-refractivity contribution in [2.24, 2.45) is 0 Å². The van der Waals surface area contributed by atoms with Gasteiger partial charge in [-0.05, 0) is 103 Å². The van der Waals surface area contributed by atoms with Crippen LogP contribution in [0.15, 0.2) is 60.8 Å². The van der Waals surface area contributed by atoms with Crippen molar-refractivity contribution in [2.45, 2.75) is 277 Å². The van der Waals surface area contributed by atoms with Crippen LogP contribution in [-0.4, -0.2) is 37.2 Å². The van der Waals surface area contributed by atoms with Gasteiger partial charge < -0.3 is 14.2 Å². The molecule has 0 radical (unpaired) electrons. The molecule has 6 nitrogen and oxygen atoms in total. The summed E-state index contributed by atoms with van der Waals surface area (Å²) in [7, 11) is 0. The lowest BCUT2D eigenvalue weighted by Gasteiger charge is -2.18. The highest BCUT2D eigenvalue weighted by atomic mass is 16.6. The Morgan fingerprint density at radius 3 is 0.984 bits per heavy atom. The first-order valence-electron chi connectivity index (χ1n) is 27.3. The van der Waals surface area contributed by atoms with Gasteiger partial charge in [-0.15, -0.1) is 0 Å². The maximum Gasteiger partial charge on any atom is 0.306 e. The van der Waals surface area contributed by atoms with Crippen LogP contribution in [0.25, 0.3) is 0 Å². The molecule has 0 N–H and O–H groups in total. The van der Waals surface area contributed by atoms with Gasteiger partial charge in [0.25, 0.3) is 0 Å². The molecule has 0 spiro atoms. The first kappa shape index (κ1) is 61.1. The molecule has 0 saturated carbocycles. The molecule has 0 aromatic rings. The molecule has 1 unspecified atom stereocenters. The highest BCUT2D eigenvalue weighted by Gasteiger charge is 2.19. The molecule has 0 bridgehead atoms. The summed E-state index contributed by atoms with van der Waals surface area (Å²) in [5, 5.41) is 0. The molecule has 0 aliphatic rings. The standard InChI is InChI=1S/C58H102O6/c1-4-7-10-13-16-19-22-25-28-29-31-33-36-39-42-45-48-51-57(60)63-54-55(53-62-56(59)50-47-44-41-38-35-32-27-24-21-18-15-12-9-6-3)64-58(61)52-49-46-43-40-37-34-30-26-23-20-17-14-11-8-5-2/h9,12,16,18-21,23,25,28,55H,4-8,10-11,13-15,17,22,24,26-27,29-54H2,1-3H3/b12-9-,19-16-,21-18-,23-20-,28-25-. The van der Waals surface area contributed by atoms with Crippen molar-refractivity contribution in [3.05, 3.63) is 60.8 Å². The van der Waals surface area contributed by atoms with Crippen molar-refractivity contribution >= 4 is 17.9 Å². The average Bonchev–Trinajstić information content (AvgIpc) is 3.29. The molecule has 0 aromatic heterocycles. The zero-order valence-electron chi connectivity index (χ0n) is 42.3. The van der Waals surface area contributed by atoms with Crippen LogP contribution in [0.3, 0.4) is 0 Å². The van der Waals surface area contributed by atoms with E-state index in [0.717, 1.165) is 89.9 Å². The van der Waals surface area contributed by atoms with Crippen LogP contribution in [0, 0.1) is 0 Å². The molecule has 1 atom stereocenters. The summed E-state index contributed by atoms with van der Waals surface area (Å²) < 4.78 is 16.8. The maximum atomic E-state index is 12.8. The van der Waals surface area contributed by atoms with Crippen LogP contribution < -0.4 is 0 Å². The smallest absolute Gasteiger partial charge is 0.306 e. The van der Waals surface area contributed by atoms with Crippen molar-refractivity contribution < 1.29 is 28.6 Å². The van der Waals surface area contributed by atoms with E-state index in [1.54, 1.807) is 0 Å². The van der Waals surface area contributed by atoms with E-state index in [2.05, 4.69) is 81.5 Å². The molecular weight excluding hydrogens is 793 g/mol. The van der Waals surface area contributed by atoms with Gasteiger partial charge in [0.05, 0.1) is 0 Å². The molecule has 64 heavy (non-hydrogen) atoms. The second kappa shape index (κ2) is 52.7. The molecule has 0 amide bonds. The normalized spacial score (nSPS) is 12.5. The number of unbranched alkanes of at least 4 members (excludes halogenated alkanes) is 28. The zero-order chi connectivity index (χ0) is 46.5. The van der Waals surface area contributed by atoms with Crippen LogP contribution in [0.2, 0.25) is 0 Å². The minimum absolute atomic E-state index is 0.0821. The van der Waals surface area contributed by atoms with Crippen LogP contribution in [0.5, 0.6) is 0 Å². The van der Waals surface area contributed by atoms with E-state index in [4.69, 9.17) is 14.2 Å². The number of carbonyl (C=O) groups excluding carboxylic acids is 3. The summed E-state index contributed by atoms with van der Waals surface area (Å²) in [6.45, 7) is 6.49. The number of carbonyl (C=O) groups is 3. The predicted octanol–water partition coefficient (Wildman–Crippen LogP) is 18.0. The van der Waals surface area contributed by atoms with E-state index in [-0.39, 0.29) is 31.1 Å². The van der Waals surface area contributed by atoms with Gasteiger partial charge in [0.2, 0.25) is 0 Å². The van der Waals surface area contributed by atoms with Crippen LogP contribution in [0.4, 0.5) is 0 Å². The van der Waals surface area contributed by atoms with Crippen molar-refractivity contribution in [3.8, 4) is 0 Å². The molecule has 0 aliphatic carbocycles. The van der Waals surface area contributed by atoms with Crippen molar-refractivity contribution in [3.63, 3.8) is 0 Å². The highest BCUT2D eigenvalue weighted by molar-refractivity contribution is 5.71. The Labute approximate surface area is 396 Å². The van der Waals surface area contributed by atoms with Gasteiger partial charge in [-0.1, -0.05) is 210 Å². The number of rotatable bonds is 49. The SMILES string of the molecule is CC/C=C\C/C=C\CCCCCCCCCC(=O)OCC(COC(=O)CCCCCCCCC/C=C\C/C=C\CCCCC)OC(=O)CCCCCCCCC/C=C\CCCCCC. The van der Waals surface area contributed by atoms with Crippen LogP contribution in [-0.2, 0) is 28.6 Å². The molecule has 0 aliphatic heterocycles. The number of ether oxygens (including phenoxy) is 3. The van der Waals surface area contributed by atoms with Gasteiger partial charge >= 0.3 is 17.9 Å². The molecule has 0 aromatic carbocycles. The van der Waals surface area contributed by atoms with E-state index in [0.29, 0.717) is 19.3 Å². The quantitative estimate of drug-likeness (QED) is 0.0262. The van der Waals surface area contributed by atoms with Crippen molar-refractivity contribution in [1.29, 1.82) is 0 Å². The number of allylic oxidation sites excluding steroid dienone is 10. The van der Waals surface area contributed by atoms with Gasteiger partial charge in [0.1, 0.15) is 13.2 Å². The fourth-order valence-electron chi connectivity index (χ4n) is 7.62. The van der Waals surface area contributed by atoms with Gasteiger partial charge in [0, 0.05) is 19.3 Å². The Hall–Kier alpha value is -2.89. The van der Waals surface area contributed by atoms with Crippen molar-refractivity contribution in [1.82, 2.24) is 0 Å². The number of hydrogen-bond donors (Lipinski definition) is 0. The third-order valence-corrected chi connectivity index (χ3v) is 11.7. The lowest BCUT2D eigenvalue weighted by atomic mass is 10.1. The third kappa shape index (κ3) is 50.1. The molecule has 0 heterocycles. The number of esters is 3. The second-order valence-corrected chi connectivity index (χ2v) is 18.1. The Kier molecular flexibility index (Phi) is 50.4. The summed E-state index contributed by atoms with van der Waals surface area (Å²) >= 11 is 0. The third-order valence-electron chi connectivity index (χ3n) is 11.7. The van der Waals surface area contributed by atoms with Crippen molar-refractivity contribution in [2.75, 3.05) is 13.2 Å². The fraction of sp³-hybridized carbons (Fsp3) is 0.776. The van der Waals surface area contributed by atoms with E-state index in [1.807, 2.05) is 0 Å². The highest BCUT2D eigenvalue weighted by Crippen LogP contribution is 2.15. The summed E-state index contributed by atoms with van der Waals surface area (Å²) in [4.78, 5) is 38.1. The monoisotopic (exact) mass is 895 g/mol. The molecule has 6 heteroatoms. The zero-order valence-corrected chi connectivity index (χ0v) is 42.3. The van der Waals surface area contributed by atoms with E-state index in [9.17, 15) is 14.4 Å². The Bertz CT molecular complexity index is 1170. The van der Waals surface area contributed by atoms with Gasteiger partial charge in [-0.25, -0.2) is 0 Å². The van der Waals surface area contributed by atoms with Crippen LogP contribution >= 0.6 is 0 Å². The summed E-state index contributed by atoms with van der Waals surface area (Å²) in [5.41, 5.74) is 0. The Morgan fingerprint density at radius 1 is 0.328 bits per heavy atom. The second-order valence-electron chi connectivity index (χ2n) is 18.1. The average molecular weight is 895 g/mol. The Balaban J connectivity index is 4.39. The summed E-state index contributed by atoms with van der Waals surface area (Å²) in [6, 6.07) is 0. The fourth-order valence-corrected chi connectivity index (χ4v) is 7.62. The predicted molar refractivity (Wildman–Crippen MR) is 275 cm³/mol. The summed E-state index contributed by atoms with van der Waals surface area (Å²) in [6.07, 6.45) is 64.8. The number of hydrogen-bond acceptors (Lipinski definition) is 6. The molecule has 0 saturated heterocycles. The first-order chi connectivity index (χ1) is 31.5. The molecule has 370 valence electrons. The summed E-state index contributed by atoms with van der Waals surface area (Å²) in [5.74, 6) is -0.895. The van der Waals surface area contributed by atoms with Gasteiger partial charge in [-0.3, -0.25) is 14.4 Å². The van der Waals surface area contributed by atoms with Gasteiger partial charge in [-0.2, -0.15) is 0 Å². The molecule has 0 fully saturated rings.